The zero-order chi connectivity index (χ0) is 11.3. The average Bonchev–Trinajstić information content (AvgIpc) is 2.16. The van der Waals surface area contributed by atoms with Crippen molar-refractivity contribution in [3.63, 3.8) is 0 Å². The molecule has 0 unspecified atom stereocenters. The van der Waals surface area contributed by atoms with Gasteiger partial charge in [-0.15, -0.1) is 0 Å². The minimum atomic E-state index is -5.17. The van der Waals surface area contributed by atoms with Crippen molar-refractivity contribution in [3.8, 4) is 0 Å². The van der Waals surface area contributed by atoms with E-state index in [0.29, 0.717) is 0 Å². The van der Waals surface area contributed by atoms with Crippen molar-refractivity contribution in [2.75, 3.05) is 0 Å². The van der Waals surface area contributed by atoms with Gasteiger partial charge in [0.15, 0.2) is 0 Å². The van der Waals surface area contributed by atoms with Crippen molar-refractivity contribution in [3.05, 3.63) is 48.5 Å². The van der Waals surface area contributed by atoms with Crippen LogP contribution in [0.1, 0.15) is 0 Å². The van der Waals surface area contributed by atoms with E-state index in [2.05, 4.69) is 48.5 Å². The Morgan fingerprint density at radius 1 is 0.750 bits per heavy atom. The first-order valence-corrected chi connectivity index (χ1v) is 5.40. The van der Waals surface area contributed by atoms with Gasteiger partial charge in [-0.3, -0.25) is 8.42 Å². The summed E-state index contributed by atoms with van der Waals surface area (Å²) in [6.07, 6.45) is 0. The first kappa shape index (κ1) is 15.8. The summed E-state index contributed by atoms with van der Waals surface area (Å²) in [6.45, 7) is 0. The van der Waals surface area contributed by atoms with Crippen LogP contribution in [-0.2, 0) is 10.4 Å². The van der Waals surface area contributed by atoms with Crippen molar-refractivity contribution in [1.29, 1.82) is 0 Å². The number of rotatable bonds is 0. The van der Waals surface area contributed by atoms with Crippen LogP contribution in [0.4, 0.5) is 0 Å². The Bertz CT molecular complexity index is 466. The Kier molecular flexibility index (Phi) is 7.14. The molecule has 0 aliphatic rings. The predicted molar refractivity (Wildman–Crippen MR) is 60.2 cm³/mol. The summed E-state index contributed by atoms with van der Waals surface area (Å²) in [5.41, 5.74) is 0. The van der Waals surface area contributed by atoms with Crippen LogP contribution in [0.15, 0.2) is 48.5 Å². The van der Waals surface area contributed by atoms with Gasteiger partial charge in [0.2, 0.25) is 0 Å². The number of fused-ring (bicyclic) bond motifs is 1. The maximum absolute atomic E-state index is 8.52. The van der Waals surface area contributed by atoms with E-state index < -0.39 is 10.4 Å². The van der Waals surface area contributed by atoms with E-state index in [0.717, 1.165) is 0 Å². The van der Waals surface area contributed by atoms with E-state index >= 15 is 0 Å². The first-order chi connectivity index (χ1) is 6.97. The van der Waals surface area contributed by atoms with Crippen LogP contribution < -0.4 is 0 Å². The Hall–Kier alpha value is -0.170. The molecule has 0 spiro atoms. The molecule has 2 aromatic carbocycles. The normalized spacial score (nSPS) is 9.88. The summed E-state index contributed by atoms with van der Waals surface area (Å²) in [5.74, 6) is 0. The number of hydrogen-bond donors (Lipinski definition) is 0. The van der Waals surface area contributed by atoms with Gasteiger partial charge in [0.25, 0.3) is 0 Å². The van der Waals surface area contributed by atoms with Crippen LogP contribution in [0, 0.1) is 0 Å². The molecule has 16 heavy (non-hydrogen) atoms. The molecule has 80 valence electrons. The van der Waals surface area contributed by atoms with Gasteiger partial charge in [0, 0.05) is 10.4 Å². The van der Waals surface area contributed by atoms with Gasteiger partial charge in [0.1, 0.15) is 0 Å². The number of benzene rings is 2. The summed E-state index contributed by atoms with van der Waals surface area (Å²) < 4.78 is 34.1. The summed E-state index contributed by atoms with van der Waals surface area (Å²) >= 11 is 0. The van der Waals surface area contributed by atoms with Crippen molar-refractivity contribution < 1.29 is 17.5 Å². The zero-order valence-electron chi connectivity index (χ0n) is 8.37. The van der Waals surface area contributed by atoms with Gasteiger partial charge in [-0.05, 0) is 10.8 Å². The average molecular weight is 264 g/mol. The minimum Gasteiger partial charge on any atom is -0.759 e. The third kappa shape index (κ3) is 7.16. The molecule has 2 aromatic rings. The van der Waals surface area contributed by atoms with Crippen molar-refractivity contribution in [2.45, 2.75) is 0 Å². The molecular formula is C10H8CaO4S. The molecule has 6 heteroatoms. The SMILES string of the molecule is O=S(=O)([O-])[O-].[Ca+2].c1ccc2ccccc2c1. The molecule has 0 aliphatic carbocycles. The van der Waals surface area contributed by atoms with Gasteiger partial charge in [-0.2, -0.15) is 0 Å². The second kappa shape index (κ2) is 7.21. The quantitative estimate of drug-likeness (QED) is 0.406. The van der Waals surface area contributed by atoms with Gasteiger partial charge in [0.05, 0.1) is 0 Å². The maximum atomic E-state index is 8.52. The van der Waals surface area contributed by atoms with Crippen LogP contribution in [-0.4, -0.2) is 55.3 Å². The van der Waals surface area contributed by atoms with Crippen molar-refractivity contribution in [1.82, 2.24) is 0 Å². The minimum absolute atomic E-state index is 0. The molecule has 2 rings (SSSR count). The Morgan fingerprint density at radius 3 is 1.12 bits per heavy atom. The van der Waals surface area contributed by atoms with Crippen LogP contribution in [0.25, 0.3) is 10.8 Å². The van der Waals surface area contributed by atoms with Crippen molar-refractivity contribution >= 4 is 58.9 Å². The molecule has 0 heterocycles. The van der Waals surface area contributed by atoms with E-state index in [4.69, 9.17) is 17.5 Å². The van der Waals surface area contributed by atoms with Gasteiger partial charge in [-0.1, -0.05) is 48.5 Å². The summed E-state index contributed by atoms with van der Waals surface area (Å²) in [6, 6.07) is 16.7. The molecule has 0 radical (unpaired) electrons. The molecular weight excluding hydrogens is 256 g/mol. The van der Waals surface area contributed by atoms with Crippen molar-refractivity contribution in [2.24, 2.45) is 0 Å². The fraction of sp³-hybridized carbons (Fsp3) is 0. The third-order valence-corrected chi connectivity index (χ3v) is 1.66. The van der Waals surface area contributed by atoms with Crippen LogP contribution in [0.2, 0.25) is 0 Å². The van der Waals surface area contributed by atoms with Gasteiger partial charge < -0.3 is 9.11 Å². The van der Waals surface area contributed by atoms with E-state index in [1.807, 2.05) is 0 Å². The largest absolute Gasteiger partial charge is 2.00 e. The Labute approximate surface area is 124 Å². The summed E-state index contributed by atoms with van der Waals surface area (Å²) in [4.78, 5) is 0. The fourth-order valence-corrected chi connectivity index (χ4v) is 1.13. The molecule has 0 saturated heterocycles. The second-order valence-electron chi connectivity index (χ2n) is 2.76. The van der Waals surface area contributed by atoms with E-state index in [9.17, 15) is 0 Å². The summed E-state index contributed by atoms with van der Waals surface area (Å²) in [7, 11) is -5.17. The molecule has 0 amide bonds. The van der Waals surface area contributed by atoms with Crippen LogP contribution in [0.3, 0.4) is 0 Å². The van der Waals surface area contributed by atoms with E-state index in [1.165, 1.54) is 10.8 Å². The van der Waals surface area contributed by atoms with Crippen LogP contribution >= 0.6 is 0 Å². The molecule has 0 atom stereocenters. The fourth-order valence-electron chi connectivity index (χ4n) is 1.13. The van der Waals surface area contributed by atoms with Crippen LogP contribution in [0.5, 0.6) is 0 Å². The monoisotopic (exact) mass is 264 g/mol. The maximum Gasteiger partial charge on any atom is 2.00 e. The summed E-state index contributed by atoms with van der Waals surface area (Å²) in [5, 5.41) is 2.62. The molecule has 0 bridgehead atoms. The molecule has 0 aliphatic heterocycles. The zero-order valence-corrected chi connectivity index (χ0v) is 11.4. The molecule has 0 N–H and O–H groups in total. The molecule has 0 saturated carbocycles. The van der Waals surface area contributed by atoms with Gasteiger partial charge in [-0.25, -0.2) is 0 Å². The van der Waals surface area contributed by atoms with E-state index in [-0.39, 0.29) is 37.7 Å². The standard InChI is InChI=1S/C10H8.Ca.H2O4S/c1-2-6-10-8-4-3-7-9(10)5-1;;1-5(2,3)4/h1-8H;;(H2,1,2,3,4)/q;+2;/p-2. The van der Waals surface area contributed by atoms with E-state index in [1.54, 1.807) is 0 Å². The molecule has 0 fully saturated rings. The van der Waals surface area contributed by atoms with Gasteiger partial charge >= 0.3 is 37.7 Å². The first-order valence-electron chi connectivity index (χ1n) is 4.07. The molecule has 4 nitrogen and oxygen atoms in total. The number of hydrogen-bond acceptors (Lipinski definition) is 4. The molecule has 0 aromatic heterocycles. The Morgan fingerprint density at radius 2 is 0.938 bits per heavy atom. The topological polar surface area (TPSA) is 80.3 Å². The third-order valence-electron chi connectivity index (χ3n) is 1.66. The predicted octanol–water partition coefficient (Wildman–Crippen LogP) is 1.12. The Balaban J connectivity index is 0.000000330. The second-order valence-corrected chi connectivity index (χ2v) is 3.57. The smallest absolute Gasteiger partial charge is 0.759 e.